The molecule has 0 saturated heterocycles. The van der Waals surface area contributed by atoms with Gasteiger partial charge in [-0.25, -0.2) is 4.99 Å². The number of guanidine groups is 1. The lowest BCUT2D eigenvalue weighted by molar-refractivity contribution is 0.158. The number of rotatable bonds is 6. The van der Waals surface area contributed by atoms with Crippen LogP contribution in [-0.2, 0) is 6.54 Å². The number of furan rings is 1. The number of nitrogens with one attached hydrogen (secondary N) is 1. The summed E-state index contributed by atoms with van der Waals surface area (Å²) in [4.78, 5) is 6.52. The van der Waals surface area contributed by atoms with Crippen LogP contribution < -0.4 is 5.32 Å². The van der Waals surface area contributed by atoms with Crippen molar-refractivity contribution >= 4 is 41.3 Å². The van der Waals surface area contributed by atoms with Gasteiger partial charge in [0.1, 0.15) is 11.9 Å². The van der Waals surface area contributed by atoms with Crippen molar-refractivity contribution in [3.05, 3.63) is 46.5 Å². The number of nitrogens with zero attached hydrogens (tertiary/aromatic N) is 2. The largest absolute Gasteiger partial charge is 0.467 e. The summed E-state index contributed by atoms with van der Waals surface area (Å²) in [5.74, 6) is 1.31. The monoisotopic (exact) mass is 435 g/mol. The Morgan fingerprint density at radius 2 is 2.32 bits per heavy atom. The second-order valence-electron chi connectivity index (χ2n) is 4.71. The first kappa shape index (κ1) is 19.0. The Balaban J connectivity index is 0.00000242. The summed E-state index contributed by atoms with van der Waals surface area (Å²) in [6.45, 7) is 3.86. The van der Waals surface area contributed by atoms with E-state index in [0.29, 0.717) is 5.76 Å². The molecular formula is C15H22IN3O2S. The maximum absolute atomic E-state index is 10.0. The minimum Gasteiger partial charge on any atom is -0.467 e. The van der Waals surface area contributed by atoms with Crippen molar-refractivity contribution in [1.82, 2.24) is 10.2 Å². The first-order chi connectivity index (χ1) is 10.2. The lowest BCUT2D eigenvalue weighted by Gasteiger charge is -2.22. The van der Waals surface area contributed by atoms with Crippen LogP contribution in [0.15, 0.2) is 44.6 Å². The number of hydrogen-bond donors (Lipinski definition) is 2. The Labute approximate surface area is 152 Å². The summed E-state index contributed by atoms with van der Waals surface area (Å²) in [6.07, 6.45) is 0.832. The molecule has 5 nitrogen and oxygen atoms in total. The Morgan fingerprint density at radius 1 is 1.50 bits per heavy atom. The van der Waals surface area contributed by atoms with Crippen molar-refractivity contribution in [3.8, 4) is 0 Å². The molecule has 2 aromatic rings. The lowest BCUT2D eigenvalue weighted by Crippen LogP contribution is -2.38. The Hall–Kier alpha value is -1.06. The molecule has 0 aliphatic carbocycles. The van der Waals surface area contributed by atoms with Gasteiger partial charge in [0.2, 0.25) is 0 Å². The Bertz CT molecular complexity index is 543. The van der Waals surface area contributed by atoms with Crippen LogP contribution in [0.5, 0.6) is 0 Å². The van der Waals surface area contributed by atoms with Gasteiger partial charge in [0.15, 0.2) is 5.96 Å². The van der Waals surface area contributed by atoms with Crippen molar-refractivity contribution in [3.63, 3.8) is 0 Å². The highest BCUT2D eigenvalue weighted by Crippen LogP contribution is 2.13. The third-order valence-corrected chi connectivity index (χ3v) is 3.71. The van der Waals surface area contributed by atoms with Gasteiger partial charge in [0, 0.05) is 20.1 Å². The van der Waals surface area contributed by atoms with Crippen molar-refractivity contribution in [2.45, 2.75) is 19.6 Å². The van der Waals surface area contributed by atoms with E-state index in [9.17, 15) is 5.11 Å². The van der Waals surface area contributed by atoms with Crippen LogP contribution >= 0.6 is 35.3 Å². The van der Waals surface area contributed by atoms with E-state index in [2.05, 4.69) is 27.1 Å². The third kappa shape index (κ3) is 5.62. The van der Waals surface area contributed by atoms with Crippen LogP contribution in [-0.4, -0.2) is 36.1 Å². The van der Waals surface area contributed by atoms with Crippen LogP contribution in [0.1, 0.15) is 24.4 Å². The van der Waals surface area contributed by atoms with E-state index >= 15 is 0 Å². The summed E-state index contributed by atoms with van der Waals surface area (Å²) in [5, 5.41) is 17.4. The second kappa shape index (κ2) is 9.86. The molecule has 122 valence electrons. The van der Waals surface area contributed by atoms with Gasteiger partial charge in [0.25, 0.3) is 0 Å². The average Bonchev–Trinajstić information content (AvgIpc) is 3.15. The summed E-state index contributed by atoms with van der Waals surface area (Å²) < 4.78 is 5.18. The fourth-order valence-corrected chi connectivity index (χ4v) is 2.60. The van der Waals surface area contributed by atoms with Gasteiger partial charge in [-0.05, 0) is 41.4 Å². The molecule has 0 aliphatic heterocycles. The number of aliphatic imine (C=N–C) groups is 1. The molecule has 2 aromatic heterocycles. The standard InChI is InChI=1S/C15H21N3O2S.HI/c1-3-16-15(18(2)10-12-6-8-21-11-12)17-9-13(19)14-5-4-7-20-14;/h4-8,11,13,19H,3,9-10H2,1-2H3,(H,16,17);1H. The SMILES string of the molecule is CCNC(=NCC(O)c1ccco1)N(C)Cc1ccsc1.I. The van der Waals surface area contributed by atoms with E-state index in [-0.39, 0.29) is 30.5 Å². The van der Waals surface area contributed by atoms with Gasteiger partial charge < -0.3 is 19.7 Å². The number of halogens is 1. The summed E-state index contributed by atoms with van der Waals surface area (Å²) >= 11 is 1.68. The number of aliphatic hydroxyl groups is 1. The predicted octanol–water partition coefficient (Wildman–Crippen LogP) is 3.09. The normalized spacial score (nSPS) is 12.6. The molecule has 0 fully saturated rings. The fraction of sp³-hybridized carbons (Fsp3) is 0.400. The smallest absolute Gasteiger partial charge is 0.194 e. The minimum atomic E-state index is -0.719. The maximum atomic E-state index is 10.0. The molecule has 0 radical (unpaired) electrons. The van der Waals surface area contributed by atoms with E-state index in [1.165, 1.54) is 5.56 Å². The molecule has 1 unspecified atom stereocenters. The van der Waals surface area contributed by atoms with Gasteiger partial charge >= 0.3 is 0 Å². The zero-order valence-corrected chi connectivity index (χ0v) is 15.9. The van der Waals surface area contributed by atoms with Crippen LogP contribution in [0.4, 0.5) is 0 Å². The Kier molecular flexibility index (Phi) is 8.51. The van der Waals surface area contributed by atoms with Crippen molar-refractivity contribution in [2.24, 2.45) is 4.99 Å². The molecule has 0 spiro atoms. The van der Waals surface area contributed by atoms with E-state index in [0.717, 1.165) is 19.0 Å². The van der Waals surface area contributed by atoms with Crippen LogP contribution in [0, 0.1) is 0 Å². The second-order valence-corrected chi connectivity index (χ2v) is 5.49. The van der Waals surface area contributed by atoms with Gasteiger partial charge in [-0.15, -0.1) is 24.0 Å². The van der Waals surface area contributed by atoms with E-state index < -0.39 is 6.10 Å². The van der Waals surface area contributed by atoms with Crippen molar-refractivity contribution in [1.29, 1.82) is 0 Å². The molecule has 1 atom stereocenters. The molecule has 0 aromatic carbocycles. The quantitative estimate of drug-likeness (QED) is 0.416. The molecule has 22 heavy (non-hydrogen) atoms. The van der Waals surface area contributed by atoms with E-state index in [4.69, 9.17) is 4.42 Å². The van der Waals surface area contributed by atoms with Crippen LogP contribution in [0.25, 0.3) is 0 Å². The van der Waals surface area contributed by atoms with Crippen molar-refractivity contribution in [2.75, 3.05) is 20.1 Å². The summed E-state index contributed by atoms with van der Waals surface area (Å²) in [6, 6.07) is 5.61. The van der Waals surface area contributed by atoms with Gasteiger partial charge in [-0.3, -0.25) is 0 Å². The third-order valence-electron chi connectivity index (χ3n) is 2.98. The topological polar surface area (TPSA) is 61.0 Å². The lowest BCUT2D eigenvalue weighted by atomic mass is 10.3. The maximum Gasteiger partial charge on any atom is 0.194 e. The van der Waals surface area contributed by atoms with Crippen LogP contribution in [0.2, 0.25) is 0 Å². The van der Waals surface area contributed by atoms with E-state index in [1.54, 1.807) is 29.7 Å². The predicted molar refractivity (Wildman–Crippen MR) is 101 cm³/mol. The van der Waals surface area contributed by atoms with E-state index in [1.807, 2.05) is 18.9 Å². The average molecular weight is 435 g/mol. The van der Waals surface area contributed by atoms with Gasteiger partial charge in [-0.2, -0.15) is 11.3 Å². The number of thiophene rings is 1. The highest BCUT2D eigenvalue weighted by atomic mass is 127. The molecule has 2 N–H and O–H groups in total. The Morgan fingerprint density at radius 3 is 2.91 bits per heavy atom. The molecule has 0 bridgehead atoms. The van der Waals surface area contributed by atoms with Gasteiger partial charge in [0.05, 0.1) is 12.8 Å². The molecule has 7 heteroatoms. The number of hydrogen-bond acceptors (Lipinski definition) is 4. The van der Waals surface area contributed by atoms with Crippen LogP contribution in [0.3, 0.4) is 0 Å². The summed E-state index contributed by atoms with van der Waals surface area (Å²) in [5.41, 5.74) is 1.25. The molecule has 0 saturated carbocycles. The zero-order chi connectivity index (χ0) is 15.1. The molecular weight excluding hydrogens is 413 g/mol. The molecule has 0 amide bonds. The highest BCUT2D eigenvalue weighted by Gasteiger charge is 2.12. The minimum absolute atomic E-state index is 0. The first-order valence-electron chi connectivity index (χ1n) is 6.92. The van der Waals surface area contributed by atoms with Crippen molar-refractivity contribution < 1.29 is 9.52 Å². The zero-order valence-electron chi connectivity index (χ0n) is 12.7. The highest BCUT2D eigenvalue weighted by molar-refractivity contribution is 14.0. The molecule has 2 rings (SSSR count). The fourth-order valence-electron chi connectivity index (χ4n) is 1.94. The van der Waals surface area contributed by atoms with Gasteiger partial charge in [-0.1, -0.05) is 0 Å². The first-order valence-corrected chi connectivity index (χ1v) is 7.87. The molecule has 2 heterocycles. The number of aliphatic hydroxyl groups excluding tert-OH is 1. The summed E-state index contributed by atoms with van der Waals surface area (Å²) in [7, 11) is 1.98. The molecule has 0 aliphatic rings.